The van der Waals surface area contributed by atoms with E-state index in [1.54, 1.807) is 9.80 Å². The van der Waals surface area contributed by atoms with E-state index in [-0.39, 0.29) is 48.7 Å². The largest absolute Gasteiger partial charge is 0.442 e. The highest BCUT2D eigenvalue weighted by molar-refractivity contribution is 5.92. The van der Waals surface area contributed by atoms with Gasteiger partial charge in [-0.1, -0.05) is 0 Å². The second kappa shape index (κ2) is 8.99. The first kappa shape index (κ1) is 21.1. The van der Waals surface area contributed by atoms with Gasteiger partial charge in [0.25, 0.3) is 5.91 Å². The van der Waals surface area contributed by atoms with Crippen molar-refractivity contribution in [3.05, 3.63) is 24.3 Å². The van der Waals surface area contributed by atoms with Gasteiger partial charge in [-0.2, -0.15) is 0 Å². The average Bonchev–Trinajstić information content (AvgIpc) is 3.49. The van der Waals surface area contributed by atoms with Crippen molar-refractivity contribution in [2.75, 3.05) is 45.9 Å². The van der Waals surface area contributed by atoms with Gasteiger partial charge in [0, 0.05) is 57.8 Å². The molecule has 0 saturated carbocycles. The van der Waals surface area contributed by atoms with E-state index in [0.717, 1.165) is 12.8 Å². The van der Waals surface area contributed by atoms with Crippen LogP contribution in [0.3, 0.4) is 0 Å². The summed E-state index contributed by atoms with van der Waals surface area (Å²) in [6.07, 6.45) is 6.27. The predicted molar refractivity (Wildman–Crippen MR) is 111 cm³/mol. The molecular weight excluding hydrogens is 416 g/mol. The summed E-state index contributed by atoms with van der Waals surface area (Å²) < 4.78 is 11.0. The predicted octanol–water partition coefficient (Wildman–Crippen LogP) is -0.509. The van der Waals surface area contributed by atoms with Gasteiger partial charge in [-0.25, -0.2) is 9.78 Å². The summed E-state index contributed by atoms with van der Waals surface area (Å²) >= 11 is 0. The molecule has 3 amide bonds. The van der Waals surface area contributed by atoms with Crippen molar-refractivity contribution in [3.8, 4) is 0 Å². The molecule has 0 aromatic carbocycles. The summed E-state index contributed by atoms with van der Waals surface area (Å²) in [5, 5.41) is 3.08. The zero-order valence-electron chi connectivity index (χ0n) is 17.9. The summed E-state index contributed by atoms with van der Waals surface area (Å²) in [4.78, 5) is 51.3. The molecule has 4 fully saturated rings. The Kier molecular flexibility index (Phi) is 5.92. The molecule has 32 heavy (non-hydrogen) atoms. The van der Waals surface area contributed by atoms with Crippen LogP contribution in [0.5, 0.6) is 0 Å². The van der Waals surface area contributed by atoms with E-state index in [4.69, 9.17) is 9.47 Å². The van der Waals surface area contributed by atoms with E-state index < -0.39 is 0 Å². The molecule has 1 aromatic heterocycles. The van der Waals surface area contributed by atoms with Crippen LogP contribution in [0.2, 0.25) is 0 Å². The van der Waals surface area contributed by atoms with Gasteiger partial charge >= 0.3 is 6.09 Å². The number of likely N-dealkylation sites (tertiary alicyclic amines) is 2. The second-order valence-corrected chi connectivity index (χ2v) is 8.83. The highest BCUT2D eigenvalue weighted by Crippen LogP contribution is 2.31. The van der Waals surface area contributed by atoms with Gasteiger partial charge in [-0.3, -0.25) is 24.4 Å². The molecule has 4 aliphatic heterocycles. The molecule has 4 aliphatic rings. The highest BCUT2D eigenvalue weighted by atomic mass is 16.6. The van der Waals surface area contributed by atoms with Gasteiger partial charge in [0.1, 0.15) is 11.8 Å². The highest BCUT2D eigenvalue weighted by Gasteiger charge is 2.51. The van der Waals surface area contributed by atoms with Crippen LogP contribution in [0, 0.1) is 0 Å². The number of ether oxygens (including phenoxy) is 2. The summed E-state index contributed by atoms with van der Waals surface area (Å²) in [7, 11) is 0. The molecule has 5 heterocycles. The van der Waals surface area contributed by atoms with Gasteiger partial charge in [0.2, 0.25) is 5.91 Å². The first-order chi connectivity index (χ1) is 15.6. The second-order valence-electron chi connectivity index (χ2n) is 8.83. The molecular formula is C21H28N6O5. The van der Waals surface area contributed by atoms with E-state index in [9.17, 15) is 14.4 Å². The number of hydrogen-bond acceptors (Lipinski definition) is 8. The van der Waals surface area contributed by atoms with Gasteiger partial charge in [-0.05, 0) is 19.3 Å². The third kappa shape index (κ3) is 4.26. The Hall–Kier alpha value is -2.79. The van der Waals surface area contributed by atoms with Crippen LogP contribution in [0.4, 0.5) is 4.79 Å². The Morgan fingerprint density at radius 3 is 2.75 bits per heavy atom. The topological polar surface area (TPSA) is 117 Å². The van der Waals surface area contributed by atoms with Crippen molar-refractivity contribution < 1.29 is 23.9 Å². The van der Waals surface area contributed by atoms with Gasteiger partial charge < -0.3 is 19.7 Å². The first-order valence-electron chi connectivity index (χ1n) is 11.2. The lowest BCUT2D eigenvalue weighted by Crippen LogP contribution is -2.48. The maximum absolute atomic E-state index is 12.7. The van der Waals surface area contributed by atoms with Crippen LogP contribution < -0.4 is 5.32 Å². The number of rotatable bonds is 5. The van der Waals surface area contributed by atoms with Crippen molar-refractivity contribution in [2.24, 2.45) is 0 Å². The Morgan fingerprint density at radius 2 is 1.97 bits per heavy atom. The summed E-state index contributed by atoms with van der Waals surface area (Å²) in [6.45, 7) is 3.78. The van der Waals surface area contributed by atoms with E-state index >= 15 is 0 Å². The van der Waals surface area contributed by atoms with Crippen molar-refractivity contribution in [3.63, 3.8) is 0 Å². The molecule has 1 unspecified atom stereocenters. The Morgan fingerprint density at radius 1 is 1.12 bits per heavy atom. The van der Waals surface area contributed by atoms with Gasteiger partial charge in [0.15, 0.2) is 0 Å². The first-order valence-corrected chi connectivity index (χ1v) is 11.2. The standard InChI is InChI=1S/C21H28N6O5/c28-19(24-14-2-7-31-8-3-14)13-25-11-17-18(12-25)32-21(30)27(17)15-1-6-26(10-15)20(29)16-9-22-4-5-23-16/h4-5,9,14-15,17-18H,1-3,6-8,10-13H2,(H,24,28)/t15?,17-,18+/m1/s1. The van der Waals surface area contributed by atoms with E-state index in [1.165, 1.54) is 18.6 Å². The number of amides is 3. The fourth-order valence-electron chi connectivity index (χ4n) is 5.13. The minimum absolute atomic E-state index is 0.00337. The SMILES string of the molecule is O=C(CN1C[C@@H]2OC(=O)N(C3CCN(C(=O)c4cnccn4)C3)[C@@H]2C1)NC1CCOCC1. The average molecular weight is 444 g/mol. The number of nitrogens with zero attached hydrogens (tertiary/aromatic N) is 5. The number of carbonyl (C=O) groups is 3. The third-order valence-electron chi connectivity index (χ3n) is 6.71. The van der Waals surface area contributed by atoms with Crippen molar-refractivity contribution in [1.29, 1.82) is 0 Å². The van der Waals surface area contributed by atoms with Crippen LogP contribution in [-0.2, 0) is 14.3 Å². The zero-order valence-corrected chi connectivity index (χ0v) is 17.9. The van der Waals surface area contributed by atoms with E-state index in [0.29, 0.717) is 51.5 Å². The third-order valence-corrected chi connectivity index (χ3v) is 6.71. The summed E-state index contributed by atoms with van der Waals surface area (Å²) in [6, 6.07) is -0.0342. The number of aromatic nitrogens is 2. The zero-order chi connectivity index (χ0) is 22.1. The van der Waals surface area contributed by atoms with Crippen LogP contribution in [0.15, 0.2) is 18.6 Å². The molecule has 0 aliphatic carbocycles. The molecule has 1 aromatic rings. The minimum Gasteiger partial charge on any atom is -0.442 e. The summed E-state index contributed by atoms with van der Waals surface area (Å²) in [5.41, 5.74) is 0.303. The number of fused-ring (bicyclic) bond motifs is 1. The van der Waals surface area contributed by atoms with Gasteiger partial charge in [0.05, 0.1) is 24.8 Å². The number of hydrogen-bond donors (Lipinski definition) is 1. The molecule has 5 rings (SSSR count). The quantitative estimate of drug-likeness (QED) is 0.646. The minimum atomic E-state index is -0.329. The molecule has 172 valence electrons. The summed E-state index contributed by atoms with van der Waals surface area (Å²) in [5.74, 6) is -0.182. The Bertz CT molecular complexity index is 863. The lowest BCUT2D eigenvalue weighted by Gasteiger charge is -2.28. The molecule has 0 radical (unpaired) electrons. The van der Waals surface area contributed by atoms with Crippen LogP contribution in [-0.4, -0.2) is 113 Å². The molecule has 4 saturated heterocycles. The Balaban J connectivity index is 1.16. The maximum Gasteiger partial charge on any atom is 0.410 e. The fourth-order valence-corrected chi connectivity index (χ4v) is 5.13. The number of carbonyl (C=O) groups excluding carboxylic acids is 3. The lowest BCUT2D eigenvalue weighted by atomic mass is 10.1. The maximum atomic E-state index is 12.7. The normalized spacial score (nSPS) is 28.6. The molecule has 11 heteroatoms. The monoisotopic (exact) mass is 444 g/mol. The van der Waals surface area contributed by atoms with Crippen molar-refractivity contribution in [2.45, 2.75) is 43.5 Å². The molecule has 0 spiro atoms. The fraction of sp³-hybridized carbons (Fsp3) is 0.667. The van der Waals surface area contributed by atoms with E-state index in [1.807, 2.05) is 4.90 Å². The Labute approximate surface area is 186 Å². The number of nitrogens with one attached hydrogen (secondary N) is 1. The molecule has 0 bridgehead atoms. The smallest absolute Gasteiger partial charge is 0.410 e. The van der Waals surface area contributed by atoms with Crippen LogP contribution in [0.25, 0.3) is 0 Å². The molecule has 1 N–H and O–H groups in total. The molecule has 11 nitrogen and oxygen atoms in total. The van der Waals surface area contributed by atoms with Crippen LogP contribution in [0.1, 0.15) is 29.8 Å². The van der Waals surface area contributed by atoms with Gasteiger partial charge in [-0.15, -0.1) is 0 Å². The molecule has 3 atom stereocenters. The van der Waals surface area contributed by atoms with Crippen LogP contribution >= 0.6 is 0 Å². The van der Waals surface area contributed by atoms with Crippen molar-refractivity contribution >= 4 is 17.9 Å². The lowest BCUT2D eigenvalue weighted by molar-refractivity contribution is -0.123. The van der Waals surface area contributed by atoms with Crippen molar-refractivity contribution in [1.82, 2.24) is 30.0 Å². The van der Waals surface area contributed by atoms with E-state index in [2.05, 4.69) is 15.3 Å².